The molecule has 0 bridgehead atoms. The molecule has 150 valence electrons. The van der Waals surface area contributed by atoms with E-state index < -0.39 is 5.92 Å². The van der Waals surface area contributed by atoms with Gasteiger partial charge >= 0.3 is 5.97 Å². The first-order chi connectivity index (χ1) is 13.0. The fourth-order valence-corrected chi connectivity index (χ4v) is 3.74. The van der Waals surface area contributed by atoms with Crippen LogP contribution in [0.15, 0.2) is 30.3 Å². The molecule has 0 aromatic heterocycles. The maximum absolute atomic E-state index is 13.2. The number of nitrogens with one attached hydrogen (secondary N) is 1. The van der Waals surface area contributed by atoms with Crippen LogP contribution >= 0.6 is 0 Å². The lowest BCUT2D eigenvalue weighted by molar-refractivity contribution is -0.157. The van der Waals surface area contributed by atoms with Crippen molar-refractivity contribution in [3.05, 3.63) is 35.9 Å². The van der Waals surface area contributed by atoms with Gasteiger partial charge in [-0.2, -0.15) is 0 Å². The first-order valence-corrected chi connectivity index (χ1v) is 10.2. The summed E-state index contributed by atoms with van der Waals surface area (Å²) >= 11 is 0. The van der Waals surface area contributed by atoms with E-state index >= 15 is 0 Å². The summed E-state index contributed by atoms with van der Waals surface area (Å²) in [7, 11) is 1.81. The molecule has 1 aromatic carbocycles. The maximum atomic E-state index is 13.2. The van der Waals surface area contributed by atoms with E-state index in [0.29, 0.717) is 18.9 Å². The fourth-order valence-electron chi connectivity index (χ4n) is 3.74. The number of hydrogen-bond acceptors (Lipinski definition) is 4. The molecular weight excluding hydrogens is 340 g/mol. The monoisotopic (exact) mass is 374 g/mol. The average Bonchev–Trinajstić information content (AvgIpc) is 2.69. The van der Waals surface area contributed by atoms with Gasteiger partial charge in [0.25, 0.3) is 0 Å². The van der Waals surface area contributed by atoms with Crippen molar-refractivity contribution in [3.63, 3.8) is 0 Å². The third kappa shape index (κ3) is 6.65. The van der Waals surface area contributed by atoms with Crippen LogP contribution in [0.2, 0.25) is 0 Å². The summed E-state index contributed by atoms with van der Waals surface area (Å²) in [4.78, 5) is 28.1. The van der Waals surface area contributed by atoms with E-state index in [1.54, 1.807) is 0 Å². The Morgan fingerprint density at radius 2 is 1.74 bits per heavy atom. The molecule has 0 unspecified atom stereocenters. The second kappa shape index (κ2) is 11.1. The smallest absolute Gasteiger partial charge is 0.311 e. The molecular formula is C22H34N2O3. The van der Waals surface area contributed by atoms with E-state index in [2.05, 4.69) is 19.2 Å². The standard InChI is InChI=1S/C22H34N2O3/c1-17(2)14-19(21(25)24-12-8-5-9-13-24)20(15-23-3)22(26)27-16-18-10-6-4-7-11-18/h4,6-7,10-11,17,19-20,23H,5,8-9,12-16H2,1-3H3/t19-,20-/m1/s1. The van der Waals surface area contributed by atoms with E-state index in [1.165, 1.54) is 6.42 Å². The maximum Gasteiger partial charge on any atom is 0.311 e. The Labute approximate surface area is 163 Å². The van der Waals surface area contributed by atoms with Crippen LogP contribution in [0.4, 0.5) is 0 Å². The molecule has 2 rings (SSSR count). The number of rotatable bonds is 9. The fraction of sp³-hybridized carbons (Fsp3) is 0.636. The normalized spacial score (nSPS) is 16.8. The molecule has 27 heavy (non-hydrogen) atoms. The van der Waals surface area contributed by atoms with Gasteiger partial charge in [0, 0.05) is 19.6 Å². The molecule has 1 saturated heterocycles. The highest BCUT2D eigenvalue weighted by Gasteiger charge is 2.37. The zero-order valence-corrected chi connectivity index (χ0v) is 16.9. The van der Waals surface area contributed by atoms with Crippen LogP contribution in [-0.4, -0.2) is 43.5 Å². The Morgan fingerprint density at radius 1 is 1.07 bits per heavy atom. The highest BCUT2D eigenvalue weighted by Crippen LogP contribution is 2.26. The molecule has 5 heteroatoms. The second-order valence-electron chi connectivity index (χ2n) is 7.88. The summed E-state index contributed by atoms with van der Waals surface area (Å²) in [6.07, 6.45) is 3.98. The summed E-state index contributed by atoms with van der Waals surface area (Å²) in [5.74, 6) is -0.635. The number of ether oxygens (including phenoxy) is 1. The number of piperidine rings is 1. The largest absolute Gasteiger partial charge is 0.461 e. The number of likely N-dealkylation sites (tertiary alicyclic amines) is 1. The van der Waals surface area contributed by atoms with E-state index in [1.807, 2.05) is 42.3 Å². The third-order valence-electron chi connectivity index (χ3n) is 5.15. The zero-order chi connectivity index (χ0) is 19.6. The van der Waals surface area contributed by atoms with Gasteiger partial charge in [0.05, 0.1) is 11.8 Å². The van der Waals surface area contributed by atoms with Crippen molar-refractivity contribution in [2.24, 2.45) is 17.8 Å². The van der Waals surface area contributed by atoms with Gasteiger partial charge in [-0.25, -0.2) is 0 Å². The van der Waals surface area contributed by atoms with Gasteiger partial charge in [-0.1, -0.05) is 44.2 Å². The van der Waals surface area contributed by atoms with Crippen LogP contribution < -0.4 is 5.32 Å². The topological polar surface area (TPSA) is 58.6 Å². The number of amides is 1. The van der Waals surface area contributed by atoms with Gasteiger partial charge in [-0.05, 0) is 44.2 Å². The summed E-state index contributed by atoms with van der Waals surface area (Å²) in [5, 5.41) is 3.09. The van der Waals surface area contributed by atoms with Crippen molar-refractivity contribution in [2.75, 3.05) is 26.7 Å². The SMILES string of the molecule is CNC[C@@H](C(=O)OCc1ccccc1)[C@@H](CC(C)C)C(=O)N1CCCCC1. The Hall–Kier alpha value is -1.88. The van der Waals surface area contributed by atoms with Crippen LogP contribution in [0.1, 0.15) is 45.1 Å². The number of hydrogen-bond donors (Lipinski definition) is 1. The Morgan fingerprint density at radius 3 is 2.33 bits per heavy atom. The zero-order valence-electron chi connectivity index (χ0n) is 16.9. The lowest BCUT2D eigenvalue weighted by Crippen LogP contribution is -2.46. The summed E-state index contributed by atoms with van der Waals surface area (Å²) in [6, 6.07) is 9.66. The van der Waals surface area contributed by atoms with Crippen LogP contribution in [-0.2, 0) is 20.9 Å². The average molecular weight is 375 g/mol. The van der Waals surface area contributed by atoms with Crippen LogP contribution in [0.5, 0.6) is 0 Å². The molecule has 0 spiro atoms. The van der Waals surface area contributed by atoms with Crippen molar-refractivity contribution in [1.29, 1.82) is 0 Å². The van der Waals surface area contributed by atoms with Crippen LogP contribution in [0, 0.1) is 17.8 Å². The number of benzene rings is 1. The molecule has 2 atom stereocenters. The van der Waals surface area contributed by atoms with E-state index in [4.69, 9.17) is 4.74 Å². The Bertz CT molecular complexity index is 582. The van der Waals surface area contributed by atoms with Gasteiger partial charge < -0.3 is 15.0 Å². The van der Waals surface area contributed by atoms with Crippen LogP contribution in [0.25, 0.3) is 0 Å². The molecule has 1 aliphatic heterocycles. The highest BCUT2D eigenvalue weighted by atomic mass is 16.5. The summed E-state index contributed by atoms with van der Waals surface area (Å²) in [6.45, 7) is 6.50. The van der Waals surface area contributed by atoms with Crippen molar-refractivity contribution in [2.45, 2.75) is 46.1 Å². The van der Waals surface area contributed by atoms with Crippen molar-refractivity contribution >= 4 is 11.9 Å². The number of carbonyl (C=O) groups excluding carboxylic acids is 2. The lowest BCUT2D eigenvalue weighted by atomic mass is 9.83. The predicted molar refractivity (Wildman–Crippen MR) is 107 cm³/mol. The molecule has 5 nitrogen and oxygen atoms in total. The van der Waals surface area contributed by atoms with Crippen molar-refractivity contribution < 1.29 is 14.3 Å². The van der Waals surface area contributed by atoms with Gasteiger partial charge in [-0.3, -0.25) is 9.59 Å². The summed E-state index contributed by atoms with van der Waals surface area (Å²) < 4.78 is 5.59. The molecule has 1 N–H and O–H groups in total. The molecule has 0 aliphatic carbocycles. The molecule has 1 aliphatic rings. The predicted octanol–water partition coefficient (Wildman–Crippen LogP) is 3.24. The first-order valence-electron chi connectivity index (χ1n) is 10.2. The van der Waals surface area contributed by atoms with Crippen LogP contribution in [0.3, 0.4) is 0 Å². The number of esters is 1. The molecule has 0 radical (unpaired) electrons. The van der Waals surface area contributed by atoms with Crippen molar-refractivity contribution in [3.8, 4) is 0 Å². The number of nitrogens with zero attached hydrogens (tertiary/aromatic N) is 1. The van der Waals surface area contributed by atoms with E-state index in [-0.39, 0.29) is 24.4 Å². The molecule has 1 heterocycles. The van der Waals surface area contributed by atoms with Gasteiger partial charge in [-0.15, -0.1) is 0 Å². The molecule has 1 amide bonds. The second-order valence-corrected chi connectivity index (χ2v) is 7.88. The minimum absolute atomic E-state index is 0.111. The van der Waals surface area contributed by atoms with E-state index in [9.17, 15) is 9.59 Å². The van der Waals surface area contributed by atoms with Gasteiger partial charge in [0.2, 0.25) is 5.91 Å². The van der Waals surface area contributed by atoms with Gasteiger partial charge in [0.15, 0.2) is 0 Å². The minimum Gasteiger partial charge on any atom is -0.461 e. The lowest BCUT2D eigenvalue weighted by Gasteiger charge is -2.34. The number of carbonyl (C=O) groups is 2. The Kier molecular flexibility index (Phi) is 8.79. The summed E-state index contributed by atoms with van der Waals surface area (Å²) in [5.41, 5.74) is 0.955. The molecule has 1 fully saturated rings. The highest BCUT2D eigenvalue weighted by molar-refractivity contribution is 5.85. The first kappa shape index (κ1) is 21.4. The third-order valence-corrected chi connectivity index (χ3v) is 5.15. The minimum atomic E-state index is -0.462. The molecule has 1 aromatic rings. The van der Waals surface area contributed by atoms with Gasteiger partial charge in [0.1, 0.15) is 6.61 Å². The Balaban J connectivity index is 2.10. The van der Waals surface area contributed by atoms with Crippen molar-refractivity contribution in [1.82, 2.24) is 10.2 Å². The quantitative estimate of drug-likeness (QED) is 0.674. The molecule has 0 saturated carbocycles. The van der Waals surface area contributed by atoms with E-state index in [0.717, 1.165) is 31.5 Å².